The molecule has 0 radical (unpaired) electrons. The van der Waals surface area contributed by atoms with Gasteiger partial charge in [-0.25, -0.2) is 14.6 Å². The Balaban J connectivity index is 1.54. The van der Waals surface area contributed by atoms with Crippen molar-refractivity contribution in [3.05, 3.63) is 35.0 Å². The van der Waals surface area contributed by atoms with Crippen molar-refractivity contribution in [2.75, 3.05) is 11.9 Å². The number of aryl methyl sites for hydroxylation is 2. The second-order valence-corrected chi connectivity index (χ2v) is 7.96. The van der Waals surface area contributed by atoms with E-state index in [0.29, 0.717) is 24.3 Å². The highest BCUT2D eigenvalue weighted by atomic mass is 19.4. The zero-order valence-electron chi connectivity index (χ0n) is 17.2. The summed E-state index contributed by atoms with van der Waals surface area (Å²) in [5, 5.41) is 6.93. The molecular weight excluding hydrogens is 417 g/mol. The summed E-state index contributed by atoms with van der Waals surface area (Å²) in [5.41, 5.74) is -0.496. The Hall–Kier alpha value is -3.02. The third kappa shape index (κ3) is 3.99. The summed E-state index contributed by atoms with van der Waals surface area (Å²) in [6, 6.07) is 0.918. The number of nitrogens with one attached hydrogen (secondary N) is 1. The Labute approximate surface area is 175 Å². The number of aromatic nitrogens is 4. The van der Waals surface area contributed by atoms with E-state index in [2.05, 4.69) is 20.4 Å². The predicted molar refractivity (Wildman–Crippen MR) is 101 cm³/mol. The maximum absolute atomic E-state index is 13.0. The SMILES string of the molecule is Cc1cc2n(n1)CC[C@H](NC(=O)c1ncc3c(n1)C(C)(CC(F)(F)F)OC3)C(=O)N2C. The van der Waals surface area contributed by atoms with E-state index in [4.69, 9.17) is 4.74 Å². The first kappa shape index (κ1) is 21.2. The third-order valence-corrected chi connectivity index (χ3v) is 5.44. The molecule has 4 heterocycles. The van der Waals surface area contributed by atoms with Crippen LogP contribution in [0.1, 0.15) is 47.3 Å². The van der Waals surface area contributed by atoms with Gasteiger partial charge in [0.15, 0.2) is 0 Å². The van der Waals surface area contributed by atoms with Crippen LogP contribution in [0.15, 0.2) is 12.3 Å². The minimum Gasteiger partial charge on any atom is -0.364 e. The number of alkyl halides is 3. The number of nitrogens with zero attached hydrogens (tertiary/aromatic N) is 5. The van der Waals surface area contributed by atoms with Crippen LogP contribution in [0.5, 0.6) is 0 Å². The van der Waals surface area contributed by atoms with E-state index < -0.39 is 30.1 Å². The Morgan fingerprint density at radius 1 is 1.42 bits per heavy atom. The number of hydrogen-bond donors (Lipinski definition) is 1. The van der Waals surface area contributed by atoms with Gasteiger partial charge in [0.25, 0.3) is 11.8 Å². The lowest BCUT2D eigenvalue weighted by molar-refractivity contribution is -0.185. The summed E-state index contributed by atoms with van der Waals surface area (Å²) in [6.45, 7) is 3.45. The number of anilines is 1. The number of ether oxygens (including phenoxy) is 1. The van der Waals surface area contributed by atoms with Crippen LogP contribution in [0, 0.1) is 6.92 Å². The molecule has 0 fully saturated rings. The van der Waals surface area contributed by atoms with Gasteiger partial charge in [-0.2, -0.15) is 18.3 Å². The lowest BCUT2D eigenvalue weighted by Gasteiger charge is -2.25. The fourth-order valence-electron chi connectivity index (χ4n) is 3.95. The largest absolute Gasteiger partial charge is 0.392 e. The molecule has 166 valence electrons. The van der Waals surface area contributed by atoms with Crippen molar-refractivity contribution in [2.24, 2.45) is 0 Å². The third-order valence-electron chi connectivity index (χ3n) is 5.44. The van der Waals surface area contributed by atoms with Gasteiger partial charge in [0.05, 0.1) is 24.4 Å². The molecule has 0 bridgehead atoms. The Morgan fingerprint density at radius 3 is 2.87 bits per heavy atom. The standard InChI is InChI=1S/C19H21F3N6O3/c1-10-6-13-27(3)17(30)12(4-5-28(13)26-10)24-16(29)15-23-7-11-8-31-18(2,14(11)25-15)9-19(20,21)22/h6-7,12H,4-5,8-9H2,1-3H3,(H,24,29)/t12-,18?/m0/s1. The van der Waals surface area contributed by atoms with Crippen LogP contribution in [0.4, 0.5) is 19.0 Å². The number of amides is 2. The number of carbonyl (C=O) groups excluding carboxylic acids is 2. The molecule has 9 nitrogen and oxygen atoms in total. The number of halogens is 3. The van der Waals surface area contributed by atoms with Crippen LogP contribution in [0.3, 0.4) is 0 Å². The molecule has 1 N–H and O–H groups in total. The van der Waals surface area contributed by atoms with Gasteiger partial charge in [-0.05, 0) is 20.3 Å². The molecule has 4 rings (SSSR count). The van der Waals surface area contributed by atoms with Gasteiger partial charge in [-0.3, -0.25) is 14.5 Å². The van der Waals surface area contributed by atoms with E-state index in [1.54, 1.807) is 17.8 Å². The van der Waals surface area contributed by atoms with Gasteiger partial charge in [0.1, 0.15) is 17.5 Å². The molecular formula is C19H21F3N6O3. The smallest absolute Gasteiger partial charge is 0.364 e. The molecule has 31 heavy (non-hydrogen) atoms. The lowest BCUT2D eigenvalue weighted by atomic mass is 9.96. The molecule has 12 heteroatoms. The van der Waals surface area contributed by atoms with Crippen LogP contribution in [0.2, 0.25) is 0 Å². The Morgan fingerprint density at radius 2 is 2.16 bits per heavy atom. The first-order valence-electron chi connectivity index (χ1n) is 9.67. The van der Waals surface area contributed by atoms with Crippen LogP contribution in [0.25, 0.3) is 0 Å². The minimum atomic E-state index is -4.47. The monoisotopic (exact) mass is 438 g/mol. The van der Waals surface area contributed by atoms with Gasteiger partial charge in [0.2, 0.25) is 5.82 Å². The zero-order valence-corrected chi connectivity index (χ0v) is 17.2. The van der Waals surface area contributed by atoms with E-state index in [9.17, 15) is 22.8 Å². The van der Waals surface area contributed by atoms with Gasteiger partial charge in [-0.15, -0.1) is 0 Å². The average molecular weight is 438 g/mol. The maximum atomic E-state index is 13.0. The molecule has 2 atom stereocenters. The molecule has 0 spiro atoms. The quantitative estimate of drug-likeness (QED) is 0.785. The summed E-state index contributed by atoms with van der Waals surface area (Å²) >= 11 is 0. The van der Waals surface area contributed by atoms with E-state index >= 15 is 0 Å². The minimum absolute atomic E-state index is 0.0323. The Kier molecular flexibility index (Phi) is 4.99. The normalized spacial score (nSPS) is 23.4. The van der Waals surface area contributed by atoms with Gasteiger partial charge in [-0.1, -0.05) is 0 Å². The highest BCUT2D eigenvalue weighted by molar-refractivity contribution is 6.00. The predicted octanol–water partition coefficient (Wildman–Crippen LogP) is 1.84. The molecule has 2 aliphatic rings. The van der Waals surface area contributed by atoms with Gasteiger partial charge < -0.3 is 10.1 Å². The van der Waals surface area contributed by atoms with Crippen molar-refractivity contribution in [3.63, 3.8) is 0 Å². The van der Waals surface area contributed by atoms with Crippen molar-refractivity contribution in [1.29, 1.82) is 0 Å². The Bertz CT molecular complexity index is 1050. The van der Waals surface area contributed by atoms with Crippen LogP contribution >= 0.6 is 0 Å². The summed E-state index contributed by atoms with van der Waals surface area (Å²) in [4.78, 5) is 35.0. The molecule has 0 aliphatic carbocycles. The van der Waals surface area contributed by atoms with Gasteiger partial charge >= 0.3 is 6.18 Å². The number of likely N-dealkylation sites (N-methyl/N-ethyl adjacent to an activating group) is 1. The zero-order chi connectivity index (χ0) is 22.6. The molecule has 2 aromatic heterocycles. The van der Waals surface area contributed by atoms with Crippen LogP contribution in [-0.4, -0.2) is 50.8 Å². The first-order chi connectivity index (χ1) is 14.5. The topological polar surface area (TPSA) is 102 Å². The fraction of sp³-hybridized carbons (Fsp3) is 0.526. The van der Waals surface area contributed by atoms with Crippen LogP contribution in [-0.2, 0) is 28.3 Å². The average Bonchev–Trinajstić information content (AvgIpc) is 3.19. The van der Waals surface area contributed by atoms with Crippen molar-refractivity contribution < 1.29 is 27.5 Å². The number of rotatable bonds is 3. The highest BCUT2D eigenvalue weighted by Gasteiger charge is 2.47. The summed E-state index contributed by atoms with van der Waals surface area (Å²) in [6.07, 6.45) is -4.12. The fourth-order valence-corrected chi connectivity index (χ4v) is 3.95. The van der Waals surface area contributed by atoms with E-state index in [0.717, 1.165) is 5.69 Å². The van der Waals surface area contributed by atoms with E-state index in [1.807, 2.05) is 6.92 Å². The van der Waals surface area contributed by atoms with E-state index in [1.165, 1.54) is 18.0 Å². The number of fused-ring (bicyclic) bond motifs is 2. The van der Waals surface area contributed by atoms with Crippen molar-refractivity contribution in [3.8, 4) is 0 Å². The number of hydrogen-bond acceptors (Lipinski definition) is 6. The van der Waals surface area contributed by atoms with Crippen molar-refractivity contribution in [1.82, 2.24) is 25.1 Å². The second-order valence-electron chi connectivity index (χ2n) is 7.96. The highest BCUT2D eigenvalue weighted by Crippen LogP contribution is 2.42. The summed E-state index contributed by atoms with van der Waals surface area (Å²) in [5.74, 6) is -0.774. The molecule has 0 saturated heterocycles. The summed E-state index contributed by atoms with van der Waals surface area (Å²) in [7, 11) is 1.59. The molecule has 0 aromatic carbocycles. The van der Waals surface area contributed by atoms with E-state index in [-0.39, 0.29) is 24.0 Å². The van der Waals surface area contributed by atoms with Crippen molar-refractivity contribution >= 4 is 17.6 Å². The molecule has 0 saturated carbocycles. The van der Waals surface area contributed by atoms with Gasteiger partial charge in [0, 0.05) is 31.4 Å². The molecule has 2 amide bonds. The number of carbonyl (C=O) groups is 2. The second kappa shape index (κ2) is 7.29. The first-order valence-corrected chi connectivity index (χ1v) is 9.67. The molecule has 2 aliphatic heterocycles. The lowest BCUT2D eigenvalue weighted by Crippen LogP contribution is -2.47. The molecule has 1 unspecified atom stereocenters. The summed E-state index contributed by atoms with van der Waals surface area (Å²) < 4.78 is 46.0. The van der Waals surface area contributed by atoms with Crippen molar-refractivity contribution in [2.45, 2.75) is 57.7 Å². The maximum Gasteiger partial charge on any atom is 0.392 e. The van der Waals surface area contributed by atoms with Crippen LogP contribution < -0.4 is 10.2 Å². The molecule has 2 aromatic rings.